The normalized spacial score (nSPS) is 16.2. The largest absolute Gasteiger partial charge is 0.493 e. The number of rotatable bonds is 3. The molecule has 0 bridgehead atoms. The van der Waals surface area contributed by atoms with E-state index in [4.69, 9.17) is 4.74 Å². The number of ether oxygens (including phenoxy) is 1. The number of carbonyl (C=O) groups is 1. The van der Waals surface area contributed by atoms with Crippen molar-refractivity contribution in [2.45, 2.75) is 26.8 Å². The van der Waals surface area contributed by atoms with Crippen LogP contribution in [0.15, 0.2) is 54.6 Å². The molecular formula is C20H22N2O2. The molecule has 24 heavy (non-hydrogen) atoms. The number of urea groups is 1. The van der Waals surface area contributed by atoms with E-state index in [0.29, 0.717) is 6.61 Å². The molecule has 1 unspecified atom stereocenters. The van der Waals surface area contributed by atoms with Crippen LogP contribution in [0.3, 0.4) is 0 Å². The number of para-hydroxylation sites is 1. The second-order valence-electron chi connectivity index (χ2n) is 5.89. The number of anilines is 2. The molecule has 4 heteroatoms. The lowest BCUT2D eigenvalue weighted by molar-refractivity contribution is 0.255. The number of amides is 2. The van der Waals surface area contributed by atoms with E-state index in [1.54, 1.807) is 4.90 Å². The average molecular weight is 322 g/mol. The van der Waals surface area contributed by atoms with Gasteiger partial charge < -0.3 is 10.1 Å². The summed E-state index contributed by atoms with van der Waals surface area (Å²) in [4.78, 5) is 14.6. The Morgan fingerprint density at radius 3 is 2.58 bits per heavy atom. The zero-order chi connectivity index (χ0) is 17.1. The van der Waals surface area contributed by atoms with Crippen LogP contribution in [0.25, 0.3) is 5.76 Å². The first-order valence-corrected chi connectivity index (χ1v) is 8.21. The van der Waals surface area contributed by atoms with Crippen LogP contribution >= 0.6 is 0 Å². The van der Waals surface area contributed by atoms with E-state index in [1.165, 1.54) is 0 Å². The van der Waals surface area contributed by atoms with E-state index in [1.807, 2.05) is 75.4 Å². The van der Waals surface area contributed by atoms with E-state index < -0.39 is 0 Å². The summed E-state index contributed by atoms with van der Waals surface area (Å²) in [6, 6.07) is 15.4. The highest BCUT2D eigenvalue weighted by atomic mass is 16.5. The lowest BCUT2D eigenvalue weighted by atomic mass is 10.0. The predicted octanol–water partition coefficient (Wildman–Crippen LogP) is 4.81. The van der Waals surface area contributed by atoms with Crippen molar-refractivity contribution in [1.82, 2.24) is 0 Å². The smallest absolute Gasteiger partial charge is 0.326 e. The minimum Gasteiger partial charge on any atom is -0.493 e. The zero-order valence-corrected chi connectivity index (χ0v) is 14.2. The number of nitrogens with one attached hydrogen (secondary N) is 1. The molecule has 0 fully saturated rings. The quantitative estimate of drug-likeness (QED) is 0.881. The molecule has 0 aliphatic carbocycles. The van der Waals surface area contributed by atoms with Crippen molar-refractivity contribution >= 4 is 23.2 Å². The summed E-state index contributed by atoms with van der Waals surface area (Å²) < 4.78 is 5.74. The molecular weight excluding hydrogens is 300 g/mol. The van der Waals surface area contributed by atoms with Crippen LogP contribution in [0.2, 0.25) is 0 Å². The van der Waals surface area contributed by atoms with Crippen LogP contribution in [-0.2, 0) is 4.74 Å². The molecule has 0 saturated heterocycles. The Labute approximate surface area is 142 Å². The minimum atomic E-state index is -0.148. The van der Waals surface area contributed by atoms with Gasteiger partial charge in [-0.15, -0.1) is 0 Å². The Hall–Kier alpha value is -2.75. The molecule has 0 radical (unpaired) electrons. The molecule has 1 aliphatic rings. The lowest BCUT2D eigenvalue weighted by Gasteiger charge is -2.33. The molecule has 2 amide bonds. The van der Waals surface area contributed by atoms with Gasteiger partial charge in [-0.3, -0.25) is 4.90 Å². The van der Waals surface area contributed by atoms with Gasteiger partial charge in [0.15, 0.2) is 0 Å². The molecule has 1 atom stereocenters. The van der Waals surface area contributed by atoms with Crippen molar-refractivity contribution < 1.29 is 9.53 Å². The predicted molar refractivity (Wildman–Crippen MR) is 98.2 cm³/mol. The van der Waals surface area contributed by atoms with Crippen molar-refractivity contribution in [1.29, 1.82) is 0 Å². The van der Waals surface area contributed by atoms with E-state index >= 15 is 0 Å². The number of nitrogens with zero attached hydrogens (tertiary/aromatic N) is 1. The van der Waals surface area contributed by atoms with Gasteiger partial charge >= 0.3 is 6.03 Å². The maximum Gasteiger partial charge on any atom is 0.326 e. The van der Waals surface area contributed by atoms with Gasteiger partial charge in [0.25, 0.3) is 0 Å². The fourth-order valence-corrected chi connectivity index (χ4v) is 2.89. The first-order valence-electron chi connectivity index (χ1n) is 8.21. The van der Waals surface area contributed by atoms with Gasteiger partial charge in [-0.2, -0.15) is 0 Å². The van der Waals surface area contributed by atoms with Crippen LogP contribution < -0.4 is 10.2 Å². The number of benzene rings is 2. The van der Waals surface area contributed by atoms with Crippen molar-refractivity contribution in [2.75, 3.05) is 16.8 Å². The van der Waals surface area contributed by atoms with Crippen LogP contribution in [0.4, 0.5) is 16.2 Å². The van der Waals surface area contributed by atoms with Crippen LogP contribution in [0.1, 0.15) is 25.0 Å². The molecule has 0 aromatic heterocycles. The SMILES string of the molecule is CCOC1=CC(C)N(C(=O)Nc2ccc(C)cc2)c2ccccc21. The van der Waals surface area contributed by atoms with E-state index in [2.05, 4.69) is 5.32 Å². The highest BCUT2D eigenvalue weighted by Crippen LogP contribution is 2.35. The second kappa shape index (κ2) is 6.79. The summed E-state index contributed by atoms with van der Waals surface area (Å²) in [5, 5.41) is 2.97. The van der Waals surface area contributed by atoms with Gasteiger partial charge in [0.2, 0.25) is 0 Å². The van der Waals surface area contributed by atoms with Crippen molar-refractivity contribution in [3.8, 4) is 0 Å². The Balaban J connectivity index is 1.90. The number of hydrogen-bond donors (Lipinski definition) is 1. The highest BCUT2D eigenvalue weighted by molar-refractivity contribution is 6.05. The molecule has 1 aliphatic heterocycles. The van der Waals surface area contributed by atoms with Crippen LogP contribution in [0, 0.1) is 6.92 Å². The Kier molecular flexibility index (Phi) is 4.56. The molecule has 0 spiro atoms. The summed E-state index contributed by atoms with van der Waals surface area (Å²) in [7, 11) is 0. The molecule has 3 rings (SSSR count). The zero-order valence-electron chi connectivity index (χ0n) is 14.2. The van der Waals surface area contributed by atoms with Gasteiger partial charge in [0, 0.05) is 11.3 Å². The molecule has 2 aromatic carbocycles. The van der Waals surface area contributed by atoms with Crippen molar-refractivity contribution in [3.63, 3.8) is 0 Å². The summed E-state index contributed by atoms with van der Waals surface area (Å²) in [5.41, 5.74) is 3.75. The van der Waals surface area contributed by atoms with E-state index in [9.17, 15) is 4.79 Å². The van der Waals surface area contributed by atoms with Gasteiger partial charge in [0.1, 0.15) is 5.76 Å². The lowest BCUT2D eigenvalue weighted by Crippen LogP contribution is -2.43. The number of aryl methyl sites for hydroxylation is 1. The van der Waals surface area contributed by atoms with E-state index in [0.717, 1.165) is 28.3 Å². The van der Waals surface area contributed by atoms with Crippen molar-refractivity contribution in [2.24, 2.45) is 0 Å². The fourth-order valence-electron chi connectivity index (χ4n) is 2.89. The molecule has 0 saturated carbocycles. The highest BCUT2D eigenvalue weighted by Gasteiger charge is 2.29. The molecule has 1 N–H and O–H groups in total. The summed E-state index contributed by atoms with van der Waals surface area (Å²) >= 11 is 0. The first kappa shape index (κ1) is 16.1. The Morgan fingerprint density at radius 1 is 1.17 bits per heavy atom. The van der Waals surface area contributed by atoms with Gasteiger partial charge in [-0.25, -0.2) is 4.79 Å². The second-order valence-corrected chi connectivity index (χ2v) is 5.89. The molecule has 4 nitrogen and oxygen atoms in total. The summed E-state index contributed by atoms with van der Waals surface area (Å²) in [6.07, 6.45) is 1.99. The molecule has 124 valence electrons. The Bertz CT molecular complexity index is 765. The van der Waals surface area contributed by atoms with Crippen LogP contribution in [-0.4, -0.2) is 18.7 Å². The average Bonchev–Trinajstić information content (AvgIpc) is 2.57. The number of fused-ring (bicyclic) bond motifs is 1. The third kappa shape index (κ3) is 3.13. The van der Waals surface area contributed by atoms with Gasteiger partial charge in [-0.05, 0) is 51.1 Å². The third-order valence-electron chi connectivity index (χ3n) is 4.05. The standard InChI is InChI=1S/C20H22N2O2/c1-4-24-19-13-15(3)22(18-8-6-5-7-17(18)19)20(23)21-16-11-9-14(2)10-12-16/h5-13,15H,4H2,1-3H3,(H,21,23). The monoisotopic (exact) mass is 322 g/mol. The molecule has 2 aromatic rings. The van der Waals surface area contributed by atoms with Gasteiger partial charge in [0.05, 0.1) is 18.3 Å². The maximum absolute atomic E-state index is 12.8. The fraction of sp³-hybridized carbons (Fsp3) is 0.250. The molecule has 1 heterocycles. The van der Waals surface area contributed by atoms with Crippen LogP contribution in [0.5, 0.6) is 0 Å². The maximum atomic E-state index is 12.8. The van der Waals surface area contributed by atoms with E-state index in [-0.39, 0.29) is 12.1 Å². The Morgan fingerprint density at radius 2 is 1.88 bits per heavy atom. The topological polar surface area (TPSA) is 41.6 Å². The number of carbonyl (C=O) groups excluding carboxylic acids is 1. The summed E-state index contributed by atoms with van der Waals surface area (Å²) in [6.45, 7) is 6.57. The van der Waals surface area contributed by atoms with Crippen molar-refractivity contribution in [3.05, 3.63) is 65.7 Å². The van der Waals surface area contributed by atoms with Gasteiger partial charge in [-0.1, -0.05) is 29.8 Å². The number of hydrogen-bond acceptors (Lipinski definition) is 2. The summed E-state index contributed by atoms with van der Waals surface area (Å²) in [5.74, 6) is 0.833. The first-order chi connectivity index (χ1) is 11.6. The third-order valence-corrected chi connectivity index (χ3v) is 4.05. The minimum absolute atomic E-state index is 0.0908.